The van der Waals surface area contributed by atoms with Crippen LogP contribution in [0.25, 0.3) is 0 Å². The Bertz CT molecular complexity index is 673. The summed E-state index contributed by atoms with van der Waals surface area (Å²) in [5.41, 5.74) is 1.88. The van der Waals surface area contributed by atoms with Gasteiger partial charge < -0.3 is 15.2 Å². The fourth-order valence-corrected chi connectivity index (χ4v) is 2.11. The molecule has 1 atom stereocenters. The highest BCUT2D eigenvalue weighted by Gasteiger charge is 2.14. The molecular weight excluding hydrogens is 285 g/mol. The van der Waals surface area contributed by atoms with Gasteiger partial charge >= 0.3 is 0 Å². The Kier molecular flexibility index (Phi) is 5.12. The number of aliphatic hydroxyl groups excluding tert-OH is 1. The highest BCUT2D eigenvalue weighted by atomic mass is 19.1. The molecule has 2 aromatic carbocycles. The van der Waals surface area contributed by atoms with Crippen molar-refractivity contribution in [2.45, 2.75) is 19.4 Å². The van der Waals surface area contributed by atoms with Crippen LogP contribution in [0.5, 0.6) is 5.75 Å². The topological polar surface area (TPSA) is 58.6 Å². The standard InChI is InChI=1S/C17H18FNO3/c1-11-8-14(22-2)6-7-15(11)19-17(21)10-16(20)12-4-3-5-13(18)9-12/h3-9,16,20H,10H2,1-2H3,(H,19,21). The Labute approximate surface area is 128 Å². The number of hydrogen-bond donors (Lipinski definition) is 2. The number of aliphatic hydroxyl groups is 1. The molecule has 0 heterocycles. The summed E-state index contributed by atoms with van der Waals surface area (Å²) in [6.07, 6.45) is -1.19. The van der Waals surface area contributed by atoms with Crippen molar-refractivity contribution in [1.29, 1.82) is 0 Å². The van der Waals surface area contributed by atoms with E-state index in [-0.39, 0.29) is 12.3 Å². The molecule has 0 aliphatic carbocycles. The lowest BCUT2D eigenvalue weighted by Crippen LogP contribution is -2.16. The first-order valence-electron chi connectivity index (χ1n) is 6.87. The summed E-state index contributed by atoms with van der Waals surface area (Å²) in [6, 6.07) is 10.9. The number of carbonyl (C=O) groups excluding carboxylic acids is 1. The third-order valence-corrected chi connectivity index (χ3v) is 3.32. The molecule has 0 aliphatic rings. The maximum Gasteiger partial charge on any atom is 0.227 e. The quantitative estimate of drug-likeness (QED) is 0.891. The maximum absolute atomic E-state index is 13.1. The van der Waals surface area contributed by atoms with E-state index in [4.69, 9.17) is 4.74 Å². The summed E-state index contributed by atoms with van der Waals surface area (Å²) in [7, 11) is 1.57. The van der Waals surface area contributed by atoms with E-state index in [1.165, 1.54) is 18.2 Å². The Morgan fingerprint density at radius 3 is 2.73 bits per heavy atom. The van der Waals surface area contributed by atoms with Gasteiger partial charge in [0.15, 0.2) is 0 Å². The Balaban J connectivity index is 2.01. The molecule has 0 aromatic heterocycles. The van der Waals surface area contributed by atoms with Crippen LogP contribution in [0.3, 0.4) is 0 Å². The number of benzene rings is 2. The van der Waals surface area contributed by atoms with Crippen molar-refractivity contribution < 1.29 is 19.0 Å². The first-order chi connectivity index (χ1) is 10.5. The lowest BCUT2D eigenvalue weighted by atomic mass is 10.1. The zero-order chi connectivity index (χ0) is 16.1. The first kappa shape index (κ1) is 16.0. The summed E-state index contributed by atoms with van der Waals surface area (Å²) in [5, 5.41) is 12.7. The molecule has 2 N–H and O–H groups in total. The molecule has 22 heavy (non-hydrogen) atoms. The average molecular weight is 303 g/mol. The zero-order valence-electron chi connectivity index (χ0n) is 12.5. The molecule has 5 heteroatoms. The zero-order valence-corrected chi connectivity index (χ0v) is 12.5. The van der Waals surface area contributed by atoms with E-state index in [2.05, 4.69) is 5.32 Å². The van der Waals surface area contributed by atoms with Crippen LogP contribution < -0.4 is 10.1 Å². The third-order valence-electron chi connectivity index (χ3n) is 3.32. The highest BCUT2D eigenvalue weighted by molar-refractivity contribution is 5.92. The Morgan fingerprint density at radius 2 is 2.09 bits per heavy atom. The Hall–Kier alpha value is -2.40. The molecule has 1 unspecified atom stereocenters. The van der Waals surface area contributed by atoms with Crippen LogP contribution in [0.15, 0.2) is 42.5 Å². The predicted molar refractivity (Wildman–Crippen MR) is 82.3 cm³/mol. The monoisotopic (exact) mass is 303 g/mol. The number of methoxy groups -OCH3 is 1. The van der Waals surface area contributed by atoms with Gasteiger partial charge in [0, 0.05) is 5.69 Å². The van der Waals surface area contributed by atoms with E-state index in [1.54, 1.807) is 31.4 Å². The number of rotatable bonds is 5. The fourth-order valence-electron chi connectivity index (χ4n) is 2.11. The fraction of sp³-hybridized carbons (Fsp3) is 0.235. The smallest absolute Gasteiger partial charge is 0.227 e. The molecule has 0 aliphatic heterocycles. The lowest BCUT2D eigenvalue weighted by Gasteiger charge is -2.13. The van der Waals surface area contributed by atoms with Gasteiger partial charge in [-0.05, 0) is 48.4 Å². The van der Waals surface area contributed by atoms with Crippen LogP contribution in [-0.4, -0.2) is 18.1 Å². The predicted octanol–water partition coefficient (Wildman–Crippen LogP) is 3.20. The average Bonchev–Trinajstić information content (AvgIpc) is 2.49. The second kappa shape index (κ2) is 7.04. The number of ether oxygens (including phenoxy) is 1. The number of amides is 1. The van der Waals surface area contributed by atoms with Crippen molar-refractivity contribution in [1.82, 2.24) is 0 Å². The maximum atomic E-state index is 13.1. The number of hydrogen-bond acceptors (Lipinski definition) is 3. The van der Waals surface area contributed by atoms with Gasteiger partial charge in [-0.2, -0.15) is 0 Å². The summed E-state index contributed by atoms with van der Waals surface area (Å²) >= 11 is 0. The molecule has 1 amide bonds. The summed E-state index contributed by atoms with van der Waals surface area (Å²) in [4.78, 5) is 12.0. The van der Waals surface area contributed by atoms with Crippen LogP contribution in [0, 0.1) is 12.7 Å². The van der Waals surface area contributed by atoms with Crippen LogP contribution in [0.2, 0.25) is 0 Å². The van der Waals surface area contributed by atoms with E-state index in [0.29, 0.717) is 17.0 Å². The largest absolute Gasteiger partial charge is 0.497 e. The van der Waals surface area contributed by atoms with E-state index < -0.39 is 11.9 Å². The van der Waals surface area contributed by atoms with E-state index in [0.717, 1.165) is 5.56 Å². The molecule has 0 saturated heterocycles. The van der Waals surface area contributed by atoms with Gasteiger partial charge in [-0.3, -0.25) is 4.79 Å². The first-order valence-corrected chi connectivity index (χ1v) is 6.87. The highest BCUT2D eigenvalue weighted by Crippen LogP contribution is 2.23. The van der Waals surface area contributed by atoms with Gasteiger partial charge in [0.25, 0.3) is 0 Å². The number of halogens is 1. The summed E-state index contributed by atoms with van der Waals surface area (Å²) in [5.74, 6) is -0.0803. The van der Waals surface area contributed by atoms with Crippen LogP contribution >= 0.6 is 0 Å². The van der Waals surface area contributed by atoms with Crippen molar-refractivity contribution in [3.63, 3.8) is 0 Å². The summed E-state index contributed by atoms with van der Waals surface area (Å²) in [6.45, 7) is 1.85. The van der Waals surface area contributed by atoms with Gasteiger partial charge in [-0.1, -0.05) is 12.1 Å². The minimum absolute atomic E-state index is 0.144. The van der Waals surface area contributed by atoms with Gasteiger partial charge in [0.2, 0.25) is 5.91 Å². The van der Waals surface area contributed by atoms with Crippen molar-refractivity contribution in [3.05, 3.63) is 59.4 Å². The SMILES string of the molecule is COc1ccc(NC(=O)CC(O)c2cccc(F)c2)c(C)c1. The number of carbonyl (C=O) groups is 1. The van der Waals surface area contributed by atoms with Gasteiger partial charge in [0.1, 0.15) is 11.6 Å². The molecule has 0 radical (unpaired) electrons. The van der Waals surface area contributed by atoms with Gasteiger partial charge in [-0.15, -0.1) is 0 Å². The second-order valence-electron chi connectivity index (χ2n) is 5.00. The van der Waals surface area contributed by atoms with Gasteiger partial charge in [0.05, 0.1) is 19.6 Å². The number of anilines is 1. The summed E-state index contributed by atoms with van der Waals surface area (Å²) < 4.78 is 18.2. The molecular formula is C17H18FNO3. The molecule has 0 fully saturated rings. The van der Waals surface area contributed by atoms with Crippen LogP contribution in [0.1, 0.15) is 23.7 Å². The van der Waals surface area contributed by atoms with E-state index in [1.807, 2.05) is 6.92 Å². The lowest BCUT2D eigenvalue weighted by molar-refractivity contribution is -0.118. The molecule has 2 rings (SSSR count). The minimum Gasteiger partial charge on any atom is -0.497 e. The number of nitrogens with one attached hydrogen (secondary N) is 1. The van der Waals surface area contributed by atoms with Crippen molar-refractivity contribution in [2.75, 3.05) is 12.4 Å². The Morgan fingerprint density at radius 1 is 1.32 bits per heavy atom. The minimum atomic E-state index is -1.05. The number of aryl methyl sites for hydroxylation is 1. The molecule has 0 spiro atoms. The van der Waals surface area contributed by atoms with E-state index in [9.17, 15) is 14.3 Å². The van der Waals surface area contributed by atoms with Crippen molar-refractivity contribution >= 4 is 11.6 Å². The third kappa shape index (κ3) is 4.05. The molecule has 0 bridgehead atoms. The van der Waals surface area contributed by atoms with Crippen LogP contribution in [0.4, 0.5) is 10.1 Å². The normalized spacial score (nSPS) is 11.8. The molecule has 116 valence electrons. The van der Waals surface area contributed by atoms with Gasteiger partial charge in [-0.25, -0.2) is 4.39 Å². The van der Waals surface area contributed by atoms with Crippen molar-refractivity contribution in [2.24, 2.45) is 0 Å². The molecule has 4 nitrogen and oxygen atoms in total. The van der Waals surface area contributed by atoms with E-state index >= 15 is 0 Å². The van der Waals surface area contributed by atoms with Crippen LogP contribution in [-0.2, 0) is 4.79 Å². The molecule has 2 aromatic rings. The molecule has 0 saturated carbocycles. The van der Waals surface area contributed by atoms with Crippen molar-refractivity contribution in [3.8, 4) is 5.75 Å². The second-order valence-corrected chi connectivity index (χ2v) is 5.00.